The van der Waals surface area contributed by atoms with Crippen LogP contribution in [0.5, 0.6) is 0 Å². The normalized spacial score (nSPS) is 12.1. The highest BCUT2D eigenvalue weighted by Crippen LogP contribution is 2.30. The molecule has 0 spiro atoms. The van der Waals surface area contributed by atoms with E-state index >= 15 is 0 Å². The average Bonchev–Trinajstić information content (AvgIpc) is 3.00. The maximum atomic E-state index is 14.6. The maximum absolute atomic E-state index is 14.6. The summed E-state index contributed by atoms with van der Waals surface area (Å²) in [6.07, 6.45) is 0.199. The van der Waals surface area contributed by atoms with Crippen molar-refractivity contribution in [1.29, 1.82) is 0 Å². The molecule has 0 fully saturated rings. The van der Waals surface area contributed by atoms with Crippen LogP contribution in [0.3, 0.4) is 0 Å². The number of carbonyl (C=O) groups is 2. The van der Waals surface area contributed by atoms with Crippen LogP contribution in [0.25, 0.3) is 0 Å². The Hall–Kier alpha value is -3.85. The molecule has 0 saturated heterocycles. The topological polar surface area (TPSA) is 86.8 Å². The van der Waals surface area contributed by atoms with E-state index in [4.69, 9.17) is 23.2 Å². The van der Waals surface area contributed by atoms with E-state index in [1.165, 1.54) is 17.0 Å². The molecule has 4 aromatic carbocycles. The van der Waals surface area contributed by atoms with Gasteiger partial charge in [0.15, 0.2) is 0 Å². The van der Waals surface area contributed by atoms with Crippen LogP contribution in [0, 0.1) is 20.8 Å². The van der Waals surface area contributed by atoms with Gasteiger partial charge in [0, 0.05) is 29.1 Å². The largest absolute Gasteiger partial charge is 0.352 e. The van der Waals surface area contributed by atoms with Crippen molar-refractivity contribution < 1.29 is 18.0 Å². The summed E-state index contributed by atoms with van der Waals surface area (Å²) in [4.78, 5) is 30.0. The van der Waals surface area contributed by atoms with Gasteiger partial charge in [0.25, 0.3) is 10.0 Å². The van der Waals surface area contributed by atoms with E-state index in [0.717, 1.165) is 21.0 Å². The lowest BCUT2D eigenvalue weighted by atomic mass is 10.0. The molecule has 0 unspecified atom stereocenters. The van der Waals surface area contributed by atoms with Gasteiger partial charge in [-0.25, -0.2) is 8.42 Å². The molecule has 46 heavy (non-hydrogen) atoms. The Balaban J connectivity index is 1.86. The van der Waals surface area contributed by atoms with Crippen molar-refractivity contribution in [2.24, 2.45) is 0 Å². The fourth-order valence-electron chi connectivity index (χ4n) is 5.11. The molecule has 4 rings (SSSR count). The third-order valence-corrected chi connectivity index (χ3v) is 9.94. The Morgan fingerprint density at radius 1 is 0.826 bits per heavy atom. The van der Waals surface area contributed by atoms with Crippen LogP contribution < -0.4 is 9.62 Å². The number of hydrogen-bond acceptors (Lipinski definition) is 4. The number of sulfonamides is 1. The minimum atomic E-state index is -4.21. The van der Waals surface area contributed by atoms with Crippen LogP contribution in [0.2, 0.25) is 10.0 Å². The quantitative estimate of drug-likeness (QED) is 0.171. The van der Waals surface area contributed by atoms with Gasteiger partial charge in [-0.05, 0) is 87.2 Å². The van der Waals surface area contributed by atoms with E-state index in [1.54, 1.807) is 43.3 Å². The summed E-state index contributed by atoms with van der Waals surface area (Å²) >= 11 is 12.8. The molecule has 0 saturated carbocycles. The number of nitrogens with one attached hydrogen (secondary N) is 1. The summed E-state index contributed by atoms with van der Waals surface area (Å²) in [5.74, 6) is -0.931. The number of rotatable bonds is 12. The Morgan fingerprint density at radius 3 is 2.11 bits per heavy atom. The lowest BCUT2D eigenvalue weighted by Gasteiger charge is -2.34. The minimum absolute atomic E-state index is 0.0525. The first-order valence-corrected chi connectivity index (χ1v) is 17.2. The Morgan fingerprint density at radius 2 is 1.48 bits per heavy atom. The van der Waals surface area contributed by atoms with Gasteiger partial charge in [-0.15, -0.1) is 0 Å². The molecule has 0 bridgehead atoms. The molecule has 0 aliphatic carbocycles. The lowest BCUT2D eigenvalue weighted by Crippen LogP contribution is -2.54. The number of carbonyl (C=O) groups excluding carboxylic acids is 2. The molecular formula is C36H39Cl2N3O4S. The molecule has 0 aliphatic rings. The molecule has 2 amide bonds. The van der Waals surface area contributed by atoms with Gasteiger partial charge >= 0.3 is 0 Å². The van der Waals surface area contributed by atoms with Crippen molar-refractivity contribution in [2.45, 2.75) is 64.6 Å². The summed E-state index contributed by atoms with van der Waals surface area (Å²) < 4.78 is 29.7. The highest BCUT2D eigenvalue weighted by Gasteiger charge is 2.35. The SMILES string of the molecule is Cc1ccc(S(=O)(=O)N(CC(=O)N(Cc2ccc(Cl)cc2Cl)[C@H](Cc2ccccc2)C(=O)NC(C)C)c2cc(C)ccc2C)cc1. The number of nitrogens with zero attached hydrogens (tertiary/aromatic N) is 2. The van der Waals surface area contributed by atoms with E-state index < -0.39 is 28.5 Å². The molecule has 7 nitrogen and oxygen atoms in total. The van der Waals surface area contributed by atoms with E-state index in [2.05, 4.69) is 5.32 Å². The van der Waals surface area contributed by atoms with Gasteiger partial charge in [-0.1, -0.05) is 89.4 Å². The number of amides is 2. The zero-order valence-corrected chi connectivity index (χ0v) is 29.0. The van der Waals surface area contributed by atoms with Crippen LogP contribution in [-0.4, -0.2) is 43.8 Å². The van der Waals surface area contributed by atoms with E-state index in [9.17, 15) is 18.0 Å². The number of benzene rings is 4. The van der Waals surface area contributed by atoms with Gasteiger partial charge in [0.2, 0.25) is 11.8 Å². The number of hydrogen-bond donors (Lipinski definition) is 1. The summed E-state index contributed by atoms with van der Waals surface area (Å²) in [7, 11) is -4.21. The van der Waals surface area contributed by atoms with E-state index in [-0.39, 0.29) is 29.8 Å². The van der Waals surface area contributed by atoms with Gasteiger partial charge in [0.1, 0.15) is 12.6 Å². The molecule has 10 heteroatoms. The summed E-state index contributed by atoms with van der Waals surface area (Å²) in [5, 5.41) is 3.70. The second-order valence-electron chi connectivity index (χ2n) is 11.7. The van der Waals surface area contributed by atoms with Crippen LogP contribution in [0.4, 0.5) is 5.69 Å². The van der Waals surface area contributed by atoms with Gasteiger partial charge in [-0.3, -0.25) is 13.9 Å². The molecule has 4 aromatic rings. The standard InChI is InChI=1S/C36H39Cl2N3O4S/c1-24(2)39-36(43)34(20-28-9-7-6-8-10-28)40(22-29-15-16-30(37)21-32(29)38)35(42)23-41(33-19-26(4)11-14-27(33)5)46(44,45)31-17-12-25(3)13-18-31/h6-19,21,24,34H,20,22-23H2,1-5H3,(H,39,43)/t34-/m1/s1. The van der Waals surface area contributed by atoms with Gasteiger partial charge < -0.3 is 10.2 Å². The van der Waals surface area contributed by atoms with E-state index in [1.807, 2.05) is 70.2 Å². The number of anilines is 1. The highest BCUT2D eigenvalue weighted by molar-refractivity contribution is 7.92. The van der Waals surface area contributed by atoms with Crippen molar-refractivity contribution >= 4 is 50.7 Å². The van der Waals surface area contributed by atoms with Crippen LogP contribution in [0.1, 0.15) is 41.7 Å². The van der Waals surface area contributed by atoms with Crippen molar-refractivity contribution in [3.8, 4) is 0 Å². The van der Waals surface area contributed by atoms with E-state index in [0.29, 0.717) is 26.9 Å². The molecule has 0 aliphatic heterocycles. The fourth-order valence-corrected chi connectivity index (χ4v) is 7.05. The predicted molar refractivity (Wildman–Crippen MR) is 186 cm³/mol. The van der Waals surface area contributed by atoms with Crippen molar-refractivity contribution in [3.63, 3.8) is 0 Å². The minimum Gasteiger partial charge on any atom is -0.352 e. The molecule has 1 N–H and O–H groups in total. The van der Waals surface area contributed by atoms with Crippen LogP contribution >= 0.6 is 23.2 Å². The van der Waals surface area contributed by atoms with Crippen molar-refractivity contribution in [2.75, 3.05) is 10.8 Å². The molecule has 242 valence electrons. The van der Waals surface area contributed by atoms with Gasteiger partial charge in [-0.2, -0.15) is 0 Å². The second kappa shape index (κ2) is 15.2. The van der Waals surface area contributed by atoms with Crippen LogP contribution in [0.15, 0.2) is 95.9 Å². The average molecular weight is 681 g/mol. The van der Waals surface area contributed by atoms with Crippen molar-refractivity contribution in [3.05, 3.63) is 129 Å². The molecule has 0 aromatic heterocycles. The molecular weight excluding hydrogens is 641 g/mol. The zero-order valence-electron chi connectivity index (χ0n) is 26.6. The zero-order chi connectivity index (χ0) is 33.6. The Kier molecular flexibility index (Phi) is 11.5. The third kappa shape index (κ3) is 8.69. The Bertz CT molecular complexity index is 1800. The first-order chi connectivity index (χ1) is 21.8. The summed E-state index contributed by atoms with van der Waals surface area (Å²) in [6, 6.07) is 25.1. The molecule has 0 heterocycles. The van der Waals surface area contributed by atoms with Crippen LogP contribution in [-0.2, 0) is 32.6 Å². The number of aryl methyl sites for hydroxylation is 3. The smallest absolute Gasteiger partial charge is 0.264 e. The first kappa shape index (κ1) is 35.0. The molecule has 1 atom stereocenters. The monoisotopic (exact) mass is 679 g/mol. The lowest BCUT2D eigenvalue weighted by molar-refractivity contribution is -0.140. The second-order valence-corrected chi connectivity index (χ2v) is 14.4. The highest BCUT2D eigenvalue weighted by atomic mass is 35.5. The van der Waals surface area contributed by atoms with Crippen molar-refractivity contribution in [1.82, 2.24) is 10.2 Å². The summed E-state index contributed by atoms with van der Waals surface area (Å²) in [6.45, 7) is 8.62. The maximum Gasteiger partial charge on any atom is 0.264 e. The number of halogens is 2. The predicted octanol–water partition coefficient (Wildman–Crippen LogP) is 7.28. The van der Waals surface area contributed by atoms with Gasteiger partial charge in [0.05, 0.1) is 10.6 Å². The summed E-state index contributed by atoms with van der Waals surface area (Å²) in [5.41, 5.74) is 4.20. The fraction of sp³-hybridized carbons (Fsp3) is 0.278. The Labute approximate surface area is 282 Å². The molecule has 0 radical (unpaired) electrons. The third-order valence-electron chi connectivity index (χ3n) is 7.58. The first-order valence-electron chi connectivity index (χ1n) is 15.0.